The molecule has 2 aromatic carbocycles. The van der Waals surface area contributed by atoms with Crippen molar-refractivity contribution in [3.8, 4) is 0 Å². The van der Waals surface area contributed by atoms with Crippen molar-refractivity contribution in [2.24, 2.45) is 0 Å². The second kappa shape index (κ2) is 10.3. The Hall–Kier alpha value is -3.45. The van der Waals surface area contributed by atoms with Gasteiger partial charge in [-0.3, -0.25) is 23.6 Å². The normalized spacial score (nSPS) is 20.1. The molecule has 3 aromatic rings. The van der Waals surface area contributed by atoms with Crippen LogP contribution in [0.4, 0.5) is 5.69 Å². The van der Waals surface area contributed by atoms with E-state index in [2.05, 4.69) is 4.98 Å². The lowest BCUT2D eigenvalue weighted by Gasteiger charge is -2.51. The van der Waals surface area contributed by atoms with Crippen molar-refractivity contribution in [1.82, 2.24) is 14.2 Å². The number of amides is 1. The predicted octanol–water partition coefficient (Wildman–Crippen LogP) is 3.51. The summed E-state index contributed by atoms with van der Waals surface area (Å²) in [7, 11) is -0.817. The Labute approximate surface area is 209 Å². The highest BCUT2D eigenvalue weighted by atomic mass is 32.3. The van der Waals surface area contributed by atoms with Crippen molar-refractivity contribution < 1.29 is 28.0 Å². The van der Waals surface area contributed by atoms with Crippen molar-refractivity contribution in [3.05, 3.63) is 70.4 Å². The van der Waals surface area contributed by atoms with Crippen LogP contribution in [0.15, 0.2) is 59.6 Å². The summed E-state index contributed by atoms with van der Waals surface area (Å²) in [5, 5.41) is 12.6. The molecule has 36 heavy (non-hydrogen) atoms. The highest BCUT2D eigenvalue weighted by Crippen LogP contribution is 2.60. The summed E-state index contributed by atoms with van der Waals surface area (Å²) >= 11 is 0. The molecule has 1 aromatic heterocycles. The number of carbonyl (C=O) groups excluding carboxylic acids is 2. The minimum atomic E-state index is -3.35. The second-order valence-electron chi connectivity index (χ2n) is 8.34. The van der Waals surface area contributed by atoms with Crippen molar-refractivity contribution in [3.63, 3.8) is 0 Å². The van der Waals surface area contributed by atoms with E-state index in [-0.39, 0.29) is 30.1 Å². The maximum absolute atomic E-state index is 13.6. The number of H-pyrrole nitrogens is 1. The first-order valence-corrected chi connectivity index (χ1v) is 12.7. The molecule has 1 aliphatic heterocycles. The average Bonchev–Trinajstić information content (AvgIpc) is 3.31. The van der Waals surface area contributed by atoms with Gasteiger partial charge in [-0.2, -0.15) is 4.31 Å². The van der Waals surface area contributed by atoms with Crippen molar-refractivity contribution in [2.75, 3.05) is 27.3 Å². The minimum Gasteiger partial charge on any atom is -0.467 e. The number of hydrogen-bond acceptors (Lipinski definition) is 8. The quantitative estimate of drug-likeness (QED) is 0.264. The van der Waals surface area contributed by atoms with Gasteiger partial charge >= 0.3 is 5.97 Å². The van der Waals surface area contributed by atoms with Gasteiger partial charge in [0, 0.05) is 42.7 Å². The van der Waals surface area contributed by atoms with Gasteiger partial charge in [0.25, 0.3) is 5.69 Å². The number of para-hydroxylation sites is 2. The Balaban J connectivity index is 1.64. The molecule has 0 bridgehead atoms. The molecular weight excluding hydrogens is 488 g/mol. The number of hydrogen-bond donors (Lipinski definition) is 2. The largest absolute Gasteiger partial charge is 0.467 e. The summed E-state index contributed by atoms with van der Waals surface area (Å²) in [5.41, 5.74) is 1.48. The van der Waals surface area contributed by atoms with Crippen LogP contribution in [0, 0.1) is 10.1 Å². The van der Waals surface area contributed by atoms with Gasteiger partial charge in [0.15, 0.2) is 4.90 Å². The molecule has 2 heterocycles. The van der Waals surface area contributed by atoms with Gasteiger partial charge in [-0.05, 0) is 24.6 Å². The van der Waals surface area contributed by atoms with Crippen molar-refractivity contribution in [1.29, 1.82) is 0 Å². The fourth-order valence-electron chi connectivity index (χ4n) is 4.63. The Morgan fingerprint density at radius 1 is 1.22 bits per heavy atom. The lowest BCUT2D eigenvalue weighted by atomic mass is 10.0. The Bertz CT molecular complexity index is 1300. The van der Waals surface area contributed by atoms with Crippen molar-refractivity contribution >= 4 is 39.2 Å². The predicted molar refractivity (Wildman–Crippen MR) is 134 cm³/mol. The summed E-state index contributed by atoms with van der Waals surface area (Å²) in [6.45, 7) is 1.80. The number of nitrogens with zero attached hydrogens (tertiary/aromatic N) is 3. The molecule has 0 saturated carbocycles. The number of rotatable bonds is 8. The number of nitro benzene ring substituents is 1. The lowest BCUT2D eigenvalue weighted by molar-refractivity contribution is -0.388. The summed E-state index contributed by atoms with van der Waals surface area (Å²) in [6, 6.07) is 11.6. The average molecular weight is 517 g/mol. The molecule has 1 amide bonds. The Morgan fingerprint density at radius 2 is 1.92 bits per heavy atom. The standard InChI is InChI=1S/C24H28N4O7S/c1-16-23(29)26(21(24(30)34-2)14-17-15-25-19-9-5-4-8-18(17)19)12-13-27(16)36(33,35-3)22-11-7-6-10-20(22)28(31)32/h4-11,15-16,21,25,33H,12-14H2,1-3H3/t16-,21-/m0/s1. The molecule has 4 rings (SSSR count). The summed E-state index contributed by atoms with van der Waals surface area (Å²) in [5.74, 6) is -0.972. The van der Waals surface area contributed by atoms with Crippen LogP contribution in [-0.4, -0.2) is 74.9 Å². The third kappa shape index (κ3) is 4.44. The van der Waals surface area contributed by atoms with E-state index in [1.165, 1.54) is 41.6 Å². The Kier molecular flexibility index (Phi) is 7.31. The van der Waals surface area contributed by atoms with Crippen LogP contribution in [-0.2, 0) is 24.9 Å². The number of fused-ring (bicyclic) bond motifs is 1. The molecule has 1 aliphatic rings. The number of aromatic nitrogens is 1. The van der Waals surface area contributed by atoms with E-state index in [4.69, 9.17) is 8.92 Å². The number of nitro groups is 1. The number of nitrogens with one attached hydrogen (secondary N) is 1. The van der Waals surface area contributed by atoms with Gasteiger partial charge in [-0.15, -0.1) is 0 Å². The van der Waals surface area contributed by atoms with Gasteiger partial charge in [0.2, 0.25) is 5.91 Å². The highest BCUT2D eigenvalue weighted by molar-refractivity contribution is 8.23. The number of piperazine rings is 1. The van der Waals surface area contributed by atoms with E-state index >= 15 is 0 Å². The van der Waals surface area contributed by atoms with Crippen molar-refractivity contribution in [2.45, 2.75) is 30.3 Å². The first-order chi connectivity index (χ1) is 17.2. The van der Waals surface area contributed by atoms with Gasteiger partial charge < -0.3 is 14.6 Å². The molecule has 0 aliphatic carbocycles. The first kappa shape index (κ1) is 25.6. The van der Waals surface area contributed by atoms with E-state index in [0.717, 1.165) is 16.5 Å². The third-order valence-electron chi connectivity index (χ3n) is 6.47. The van der Waals surface area contributed by atoms with E-state index in [9.17, 15) is 24.3 Å². The molecule has 2 N–H and O–H groups in total. The van der Waals surface area contributed by atoms with Crippen LogP contribution in [0.1, 0.15) is 12.5 Å². The topological polar surface area (TPSA) is 138 Å². The number of methoxy groups -OCH3 is 1. The molecule has 1 saturated heterocycles. The SMILES string of the molecule is COC(=O)[C@H](Cc1c[nH]c2ccccc12)N1CCN(S(O)(OC)c2ccccc2[N+](=O)[O-])[C@@H](C)C1=O. The first-order valence-electron chi connectivity index (χ1n) is 11.3. The zero-order valence-corrected chi connectivity index (χ0v) is 20.9. The van der Waals surface area contributed by atoms with Crippen LogP contribution in [0.3, 0.4) is 0 Å². The monoisotopic (exact) mass is 516 g/mol. The smallest absolute Gasteiger partial charge is 0.328 e. The highest BCUT2D eigenvalue weighted by Gasteiger charge is 2.45. The van der Waals surface area contributed by atoms with Gasteiger partial charge in [0.1, 0.15) is 12.1 Å². The molecule has 192 valence electrons. The molecule has 1 unspecified atom stereocenters. The number of aromatic amines is 1. The molecule has 11 nitrogen and oxygen atoms in total. The van der Waals surface area contributed by atoms with Crippen LogP contribution in [0.2, 0.25) is 0 Å². The third-order valence-corrected chi connectivity index (χ3v) is 8.99. The van der Waals surface area contributed by atoms with Gasteiger partial charge in [0.05, 0.1) is 19.1 Å². The molecule has 0 spiro atoms. The molecule has 3 atom stereocenters. The lowest BCUT2D eigenvalue weighted by Crippen LogP contribution is -2.61. The molecule has 0 radical (unpaired) electrons. The minimum absolute atomic E-state index is 0.00564. The van der Waals surface area contributed by atoms with Crippen LogP contribution in [0.5, 0.6) is 0 Å². The molecular formula is C24H28N4O7S. The molecule has 12 heteroatoms. The maximum atomic E-state index is 13.6. The number of carbonyl (C=O) groups is 2. The second-order valence-corrected chi connectivity index (χ2v) is 10.6. The number of ether oxygens (including phenoxy) is 1. The van der Waals surface area contributed by atoms with Gasteiger partial charge in [-0.25, -0.2) is 4.79 Å². The molecule has 1 fully saturated rings. The summed E-state index contributed by atoms with van der Waals surface area (Å²) in [4.78, 5) is 42.0. The van der Waals surface area contributed by atoms with Crippen LogP contribution >= 0.6 is 10.8 Å². The van der Waals surface area contributed by atoms with E-state index in [1.807, 2.05) is 30.5 Å². The summed E-state index contributed by atoms with van der Waals surface area (Å²) in [6.07, 6.45) is 2.05. The zero-order valence-electron chi connectivity index (χ0n) is 20.1. The fraction of sp³-hybridized carbons (Fsp3) is 0.333. The zero-order chi connectivity index (χ0) is 26.0. The van der Waals surface area contributed by atoms with Gasteiger partial charge in [-0.1, -0.05) is 41.1 Å². The van der Waals surface area contributed by atoms with Crippen LogP contribution in [0.25, 0.3) is 10.9 Å². The maximum Gasteiger partial charge on any atom is 0.328 e. The number of benzene rings is 2. The fourth-order valence-corrected chi connectivity index (χ4v) is 6.77. The van der Waals surface area contributed by atoms with E-state index in [0.29, 0.717) is 0 Å². The van der Waals surface area contributed by atoms with Crippen LogP contribution < -0.4 is 0 Å². The summed E-state index contributed by atoms with van der Waals surface area (Å²) < 4.78 is 23.5. The number of esters is 1. The Morgan fingerprint density at radius 3 is 2.61 bits per heavy atom. The van der Waals surface area contributed by atoms with E-state index in [1.54, 1.807) is 13.0 Å². The van der Waals surface area contributed by atoms with E-state index < -0.39 is 39.7 Å².